The Morgan fingerprint density at radius 2 is 1.61 bits per heavy atom. The van der Waals surface area contributed by atoms with E-state index in [-0.39, 0.29) is 24.4 Å². The van der Waals surface area contributed by atoms with Crippen molar-refractivity contribution in [3.05, 3.63) is 64.7 Å². The van der Waals surface area contributed by atoms with E-state index in [1.165, 1.54) is 11.1 Å². The lowest BCUT2D eigenvalue weighted by Crippen LogP contribution is -2.54. The first-order valence-corrected chi connectivity index (χ1v) is 11.0. The summed E-state index contributed by atoms with van der Waals surface area (Å²) in [6.45, 7) is 12.4. The van der Waals surface area contributed by atoms with E-state index < -0.39 is 0 Å². The van der Waals surface area contributed by atoms with Crippen molar-refractivity contribution >= 4 is 17.5 Å². The van der Waals surface area contributed by atoms with Gasteiger partial charge in [-0.2, -0.15) is 0 Å². The van der Waals surface area contributed by atoms with Crippen LogP contribution in [-0.4, -0.2) is 60.4 Å². The number of hydrogen-bond donors (Lipinski definition) is 2. The maximum Gasteiger partial charge on any atom is 0.243 e. The molecule has 1 saturated heterocycles. The van der Waals surface area contributed by atoms with Crippen LogP contribution in [-0.2, 0) is 16.1 Å². The van der Waals surface area contributed by atoms with Gasteiger partial charge in [0.2, 0.25) is 11.8 Å². The highest BCUT2D eigenvalue weighted by Gasteiger charge is 2.25. The number of piperazine rings is 1. The van der Waals surface area contributed by atoms with Crippen molar-refractivity contribution < 1.29 is 9.59 Å². The van der Waals surface area contributed by atoms with Gasteiger partial charge in [0, 0.05) is 38.4 Å². The molecule has 2 aromatic carbocycles. The Hall–Kier alpha value is -2.70. The van der Waals surface area contributed by atoms with Crippen LogP contribution >= 0.6 is 0 Å². The number of anilines is 1. The summed E-state index contributed by atoms with van der Waals surface area (Å²) in [5, 5.41) is 5.70. The van der Waals surface area contributed by atoms with Crippen molar-refractivity contribution in [3.63, 3.8) is 0 Å². The quantitative estimate of drug-likeness (QED) is 0.720. The van der Waals surface area contributed by atoms with Gasteiger partial charge < -0.3 is 10.6 Å². The molecule has 2 amide bonds. The lowest BCUT2D eigenvalue weighted by Gasteiger charge is -2.37. The van der Waals surface area contributed by atoms with E-state index in [1.807, 2.05) is 39.0 Å². The van der Waals surface area contributed by atoms with Crippen LogP contribution in [0.1, 0.15) is 29.2 Å². The summed E-state index contributed by atoms with van der Waals surface area (Å²) < 4.78 is 0. The van der Waals surface area contributed by atoms with Gasteiger partial charge in [-0.25, -0.2) is 0 Å². The number of nitrogens with one attached hydrogen (secondary N) is 2. The monoisotopic (exact) mass is 422 g/mol. The van der Waals surface area contributed by atoms with E-state index in [2.05, 4.69) is 51.6 Å². The van der Waals surface area contributed by atoms with Gasteiger partial charge in [0.1, 0.15) is 0 Å². The zero-order valence-electron chi connectivity index (χ0n) is 19.1. The van der Waals surface area contributed by atoms with E-state index >= 15 is 0 Å². The molecule has 0 aliphatic carbocycles. The number of hydrogen-bond acceptors (Lipinski definition) is 4. The average Bonchev–Trinajstić information content (AvgIpc) is 2.75. The first-order chi connectivity index (χ1) is 14.8. The van der Waals surface area contributed by atoms with E-state index in [0.717, 1.165) is 49.5 Å². The molecule has 166 valence electrons. The molecule has 2 aromatic rings. The average molecular weight is 423 g/mol. The zero-order valence-corrected chi connectivity index (χ0v) is 19.1. The van der Waals surface area contributed by atoms with Crippen molar-refractivity contribution in [1.82, 2.24) is 15.1 Å². The highest BCUT2D eigenvalue weighted by atomic mass is 16.2. The first-order valence-electron chi connectivity index (χ1n) is 11.0. The Kier molecular flexibility index (Phi) is 7.82. The molecule has 0 radical (unpaired) electrons. The van der Waals surface area contributed by atoms with Gasteiger partial charge in [0.05, 0.1) is 12.6 Å². The minimum absolute atomic E-state index is 0.0235. The molecule has 0 aromatic heterocycles. The summed E-state index contributed by atoms with van der Waals surface area (Å²) >= 11 is 0. The van der Waals surface area contributed by atoms with Crippen molar-refractivity contribution in [1.29, 1.82) is 0 Å². The van der Waals surface area contributed by atoms with E-state index in [0.29, 0.717) is 0 Å². The fourth-order valence-electron chi connectivity index (χ4n) is 4.05. The van der Waals surface area contributed by atoms with Crippen LogP contribution in [0.3, 0.4) is 0 Å². The second-order valence-corrected chi connectivity index (χ2v) is 8.51. The molecular formula is C25H34N4O2. The molecule has 6 heteroatoms. The summed E-state index contributed by atoms with van der Waals surface area (Å²) in [6, 6.07) is 14.2. The van der Waals surface area contributed by atoms with Crippen LogP contribution < -0.4 is 10.6 Å². The van der Waals surface area contributed by atoms with Gasteiger partial charge in [0.15, 0.2) is 0 Å². The van der Waals surface area contributed by atoms with E-state index in [9.17, 15) is 9.59 Å². The number of nitrogens with zero attached hydrogens (tertiary/aromatic N) is 2. The molecule has 0 bridgehead atoms. The lowest BCUT2D eigenvalue weighted by molar-refractivity contribution is -0.128. The van der Waals surface area contributed by atoms with Crippen LogP contribution in [0.5, 0.6) is 0 Å². The third-order valence-corrected chi connectivity index (χ3v) is 5.99. The molecule has 31 heavy (non-hydrogen) atoms. The highest BCUT2D eigenvalue weighted by Crippen LogP contribution is 2.19. The number of carbonyl (C=O) groups is 2. The summed E-state index contributed by atoms with van der Waals surface area (Å²) in [5.74, 6) is -0.315. The predicted molar refractivity (Wildman–Crippen MR) is 125 cm³/mol. The summed E-state index contributed by atoms with van der Waals surface area (Å²) in [7, 11) is 0. The van der Waals surface area contributed by atoms with Crippen LogP contribution in [0.2, 0.25) is 0 Å². The third-order valence-electron chi connectivity index (χ3n) is 5.99. The normalized spacial score (nSPS) is 16.0. The van der Waals surface area contributed by atoms with Crippen LogP contribution in [0.4, 0.5) is 5.69 Å². The van der Waals surface area contributed by atoms with Gasteiger partial charge in [-0.1, -0.05) is 48.0 Å². The number of benzene rings is 2. The molecule has 1 aliphatic rings. The smallest absolute Gasteiger partial charge is 0.243 e. The Bertz CT molecular complexity index is 899. The first kappa shape index (κ1) is 23.0. The fraction of sp³-hybridized carbons (Fsp3) is 0.440. The minimum Gasteiger partial charge on any atom is -0.346 e. The van der Waals surface area contributed by atoms with E-state index in [4.69, 9.17) is 0 Å². The number of rotatable bonds is 7. The van der Waals surface area contributed by atoms with Crippen molar-refractivity contribution in [2.75, 3.05) is 38.0 Å². The molecule has 6 nitrogen and oxygen atoms in total. The predicted octanol–water partition coefficient (Wildman–Crippen LogP) is 2.87. The number of aryl methyl sites for hydroxylation is 3. The number of carbonyl (C=O) groups excluding carboxylic acids is 2. The Morgan fingerprint density at radius 3 is 2.26 bits per heavy atom. The summed E-state index contributed by atoms with van der Waals surface area (Å²) in [4.78, 5) is 29.5. The molecule has 1 heterocycles. The van der Waals surface area contributed by atoms with Crippen LogP contribution in [0.15, 0.2) is 42.5 Å². The van der Waals surface area contributed by atoms with Gasteiger partial charge >= 0.3 is 0 Å². The fourth-order valence-corrected chi connectivity index (χ4v) is 4.05. The molecule has 0 unspecified atom stereocenters. The Morgan fingerprint density at radius 1 is 0.968 bits per heavy atom. The Labute approximate surface area is 185 Å². The SMILES string of the molecule is Cc1cccc(CN2CCN([C@H](C)C(=O)NCC(=O)Nc3c(C)cccc3C)CC2)c1. The largest absolute Gasteiger partial charge is 0.346 e. The number of amides is 2. The highest BCUT2D eigenvalue weighted by molar-refractivity contribution is 5.96. The molecule has 3 rings (SSSR count). The second kappa shape index (κ2) is 10.6. The molecular weight excluding hydrogens is 388 g/mol. The van der Waals surface area contributed by atoms with Crippen molar-refractivity contribution in [2.45, 2.75) is 40.3 Å². The number of para-hydroxylation sites is 1. The lowest BCUT2D eigenvalue weighted by atomic mass is 10.1. The van der Waals surface area contributed by atoms with Gasteiger partial charge in [0.25, 0.3) is 0 Å². The van der Waals surface area contributed by atoms with Crippen molar-refractivity contribution in [3.8, 4) is 0 Å². The van der Waals surface area contributed by atoms with Gasteiger partial charge in [-0.05, 0) is 44.4 Å². The molecule has 1 atom stereocenters. The van der Waals surface area contributed by atoms with Gasteiger partial charge in [-0.3, -0.25) is 19.4 Å². The standard InChI is InChI=1S/C25H34N4O2/c1-18-7-5-10-22(15-18)17-28-11-13-29(14-12-28)21(4)25(31)26-16-23(30)27-24-19(2)8-6-9-20(24)3/h5-10,15,21H,11-14,16-17H2,1-4H3,(H,26,31)(H,27,30)/t21-/m1/s1. The van der Waals surface area contributed by atoms with E-state index in [1.54, 1.807) is 0 Å². The summed E-state index contributed by atoms with van der Waals surface area (Å²) in [5.41, 5.74) is 5.45. The summed E-state index contributed by atoms with van der Waals surface area (Å²) in [6.07, 6.45) is 0. The topological polar surface area (TPSA) is 64.7 Å². The second-order valence-electron chi connectivity index (χ2n) is 8.51. The third kappa shape index (κ3) is 6.39. The minimum atomic E-state index is -0.255. The van der Waals surface area contributed by atoms with Crippen LogP contribution in [0.25, 0.3) is 0 Å². The van der Waals surface area contributed by atoms with Crippen LogP contribution in [0, 0.1) is 20.8 Å². The molecule has 1 fully saturated rings. The van der Waals surface area contributed by atoms with Gasteiger partial charge in [-0.15, -0.1) is 0 Å². The Balaban J connectivity index is 1.42. The van der Waals surface area contributed by atoms with Crippen molar-refractivity contribution in [2.24, 2.45) is 0 Å². The maximum absolute atomic E-state index is 12.6. The molecule has 0 saturated carbocycles. The molecule has 0 spiro atoms. The molecule has 2 N–H and O–H groups in total. The molecule has 1 aliphatic heterocycles. The zero-order chi connectivity index (χ0) is 22.4. The maximum atomic E-state index is 12.6.